The largest absolute Gasteiger partial charge is 0.377 e. The lowest BCUT2D eigenvalue weighted by Crippen LogP contribution is -2.45. The van der Waals surface area contributed by atoms with E-state index in [1.807, 2.05) is 13.8 Å². The van der Waals surface area contributed by atoms with Gasteiger partial charge in [0.1, 0.15) is 0 Å². The molecule has 1 aliphatic rings. The number of rotatable bonds is 6. The molecule has 0 radical (unpaired) electrons. The molecule has 1 amide bonds. The Balaban J connectivity index is 2.24. The first kappa shape index (κ1) is 13.5. The van der Waals surface area contributed by atoms with E-state index in [2.05, 4.69) is 5.32 Å². The van der Waals surface area contributed by atoms with Gasteiger partial charge in [-0.2, -0.15) is 0 Å². The van der Waals surface area contributed by atoms with Crippen molar-refractivity contribution < 1.29 is 9.53 Å². The monoisotopic (exact) mass is 228 g/mol. The van der Waals surface area contributed by atoms with E-state index >= 15 is 0 Å². The van der Waals surface area contributed by atoms with Crippen molar-refractivity contribution in [2.24, 2.45) is 11.7 Å². The first-order chi connectivity index (χ1) is 7.61. The van der Waals surface area contributed by atoms with Gasteiger partial charge >= 0.3 is 0 Å². The van der Waals surface area contributed by atoms with E-state index in [9.17, 15) is 4.79 Å². The predicted molar refractivity (Wildman–Crippen MR) is 64.0 cm³/mol. The summed E-state index contributed by atoms with van der Waals surface area (Å²) in [6.45, 7) is 5.53. The van der Waals surface area contributed by atoms with Crippen molar-refractivity contribution in [1.82, 2.24) is 5.32 Å². The third-order valence-corrected chi connectivity index (χ3v) is 3.09. The number of ether oxygens (including phenoxy) is 1. The zero-order chi connectivity index (χ0) is 12.0. The van der Waals surface area contributed by atoms with Crippen LogP contribution in [0.25, 0.3) is 0 Å². The second-order valence-corrected chi connectivity index (χ2v) is 4.77. The van der Waals surface area contributed by atoms with E-state index in [-0.39, 0.29) is 24.0 Å². The molecule has 0 aromatic heterocycles. The number of carbonyl (C=O) groups excluding carboxylic acids is 1. The number of primary amides is 1. The zero-order valence-electron chi connectivity index (χ0n) is 10.4. The summed E-state index contributed by atoms with van der Waals surface area (Å²) in [6, 6.07) is 0.252. The molecule has 2 atom stereocenters. The van der Waals surface area contributed by atoms with Crippen LogP contribution in [0.5, 0.6) is 0 Å². The van der Waals surface area contributed by atoms with E-state index in [0.29, 0.717) is 6.61 Å². The maximum Gasteiger partial charge on any atom is 0.222 e. The van der Waals surface area contributed by atoms with Crippen LogP contribution in [-0.2, 0) is 9.53 Å². The lowest BCUT2D eigenvalue weighted by atomic mass is 9.84. The molecule has 0 saturated heterocycles. The summed E-state index contributed by atoms with van der Waals surface area (Å²) in [5.41, 5.74) is 5.40. The van der Waals surface area contributed by atoms with Gasteiger partial charge in [-0.1, -0.05) is 12.8 Å². The number of nitrogens with two attached hydrogens (primary N) is 1. The van der Waals surface area contributed by atoms with Gasteiger partial charge in [-0.05, 0) is 26.7 Å². The minimum Gasteiger partial charge on any atom is -0.377 e. The average molecular weight is 228 g/mol. The Hall–Kier alpha value is -0.610. The lowest BCUT2D eigenvalue weighted by molar-refractivity contribution is -0.123. The molecular formula is C12H24N2O2. The van der Waals surface area contributed by atoms with Gasteiger partial charge in [0.2, 0.25) is 5.91 Å². The van der Waals surface area contributed by atoms with E-state index in [4.69, 9.17) is 10.5 Å². The normalized spacial score (nSPS) is 25.9. The smallest absolute Gasteiger partial charge is 0.222 e. The molecule has 94 valence electrons. The quantitative estimate of drug-likeness (QED) is 0.668. The Morgan fingerprint density at radius 1 is 1.44 bits per heavy atom. The molecule has 0 spiro atoms. The zero-order valence-corrected chi connectivity index (χ0v) is 10.4. The average Bonchev–Trinajstić information content (AvgIpc) is 2.24. The van der Waals surface area contributed by atoms with Gasteiger partial charge in [-0.15, -0.1) is 0 Å². The Kier molecular flexibility index (Phi) is 5.77. The number of hydrogen-bond donors (Lipinski definition) is 2. The number of hydrogen-bond acceptors (Lipinski definition) is 3. The lowest BCUT2D eigenvalue weighted by Gasteiger charge is -2.30. The van der Waals surface area contributed by atoms with Crippen LogP contribution in [0.1, 0.15) is 39.5 Å². The van der Waals surface area contributed by atoms with Gasteiger partial charge in [0.05, 0.1) is 18.6 Å². The molecule has 0 aromatic rings. The van der Waals surface area contributed by atoms with Crippen molar-refractivity contribution in [3.05, 3.63) is 0 Å². The van der Waals surface area contributed by atoms with Crippen molar-refractivity contribution in [3.63, 3.8) is 0 Å². The second-order valence-electron chi connectivity index (χ2n) is 4.77. The van der Waals surface area contributed by atoms with Gasteiger partial charge in [0.15, 0.2) is 0 Å². The van der Waals surface area contributed by atoms with Crippen LogP contribution in [0.15, 0.2) is 0 Å². The van der Waals surface area contributed by atoms with E-state index in [0.717, 1.165) is 25.8 Å². The van der Waals surface area contributed by atoms with Gasteiger partial charge in [0.25, 0.3) is 0 Å². The number of nitrogens with one attached hydrogen (secondary N) is 1. The SMILES string of the molecule is CC(C)OCCNC1CCCCC1C(N)=O. The van der Waals surface area contributed by atoms with E-state index in [1.54, 1.807) is 0 Å². The molecule has 1 rings (SSSR count). The fourth-order valence-corrected chi connectivity index (χ4v) is 2.25. The topological polar surface area (TPSA) is 64.3 Å². The van der Waals surface area contributed by atoms with Crippen LogP contribution >= 0.6 is 0 Å². The Morgan fingerprint density at radius 3 is 2.75 bits per heavy atom. The van der Waals surface area contributed by atoms with Crippen molar-refractivity contribution in [2.75, 3.05) is 13.2 Å². The maximum absolute atomic E-state index is 11.3. The summed E-state index contributed by atoms with van der Waals surface area (Å²) in [4.78, 5) is 11.3. The first-order valence-electron chi connectivity index (χ1n) is 6.25. The Bertz CT molecular complexity index is 219. The fraction of sp³-hybridized carbons (Fsp3) is 0.917. The molecule has 1 fully saturated rings. The molecule has 1 aliphatic carbocycles. The molecule has 2 unspecified atom stereocenters. The van der Waals surface area contributed by atoms with Gasteiger partial charge < -0.3 is 15.8 Å². The summed E-state index contributed by atoms with van der Waals surface area (Å²) < 4.78 is 5.45. The van der Waals surface area contributed by atoms with Crippen molar-refractivity contribution in [1.29, 1.82) is 0 Å². The third-order valence-electron chi connectivity index (χ3n) is 3.09. The summed E-state index contributed by atoms with van der Waals surface area (Å²) in [6.07, 6.45) is 4.55. The van der Waals surface area contributed by atoms with Crippen LogP contribution in [0, 0.1) is 5.92 Å². The van der Waals surface area contributed by atoms with Crippen LogP contribution < -0.4 is 11.1 Å². The predicted octanol–water partition coefficient (Wildman–Crippen LogP) is 1.05. The maximum atomic E-state index is 11.3. The molecule has 4 nitrogen and oxygen atoms in total. The standard InChI is InChI=1S/C12H24N2O2/c1-9(2)16-8-7-14-11-6-4-3-5-10(11)12(13)15/h9-11,14H,3-8H2,1-2H3,(H2,13,15). The van der Waals surface area contributed by atoms with Crippen LogP contribution in [0.4, 0.5) is 0 Å². The molecule has 1 saturated carbocycles. The van der Waals surface area contributed by atoms with E-state index < -0.39 is 0 Å². The van der Waals surface area contributed by atoms with Gasteiger partial charge in [0, 0.05) is 12.6 Å². The highest BCUT2D eigenvalue weighted by molar-refractivity contribution is 5.77. The van der Waals surface area contributed by atoms with Crippen molar-refractivity contribution in [3.8, 4) is 0 Å². The molecule has 0 aromatic carbocycles. The molecule has 0 aliphatic heterocycles. The molecule has 0 heterocycles. The van der Waals surface area contributed by atoms with Crippen LogP contribution in [0.2, 0.25) is 0 Å². The minimum absolute atomic E-state index is 0.00722. The first-order valence-corrected chi connectivity index (χ1v) is 6.25. The number of amides is 1. The van der Waals surface area contributed by atoms with Crippen LogP contribution in [-0.4, -0.2) is 31.2 Å². The summed E-state index contributed by atoms with van der Waals surface area (Å²) in [5.74, 6) is -0.158. The molecular weight excluding hydrogens is 204 g/mol. The van der Waals surface area contributed by atoms with Gasteiger partial charge in [-0.3, -0.25) is 4.79 Å². The molecule has 4 heteroatoms. The molecule has 16 heavy (non-hydrogen) atoms. The van der Waals surface area contributed by atoms with Crippen molar-refractivity contribution in [2.45, 2.75) is 51.7 Å². The third kappa shape index (κ3) is 4.49. The Labute approximate surface area is 97.9 Å². The highest BCUT2D eigenvalue weighted by Gasteiger charge is 2.28. The summed E-state index contributed by atoms with van der Waals surface area (Å²) in [7, 11) is 0. The molecule has 3 N–H and O–H groups in total. The van der Waals surface area contributed by atoms with Gasteiger partial charge in [-0.25, -0.2) is 0 Å². The van der Waals surface area contributed by atoms with E-state index in [1.165, 1.54) is 6.42 Å². The van der Waals surface area contributed by atoms with Crippen LogP contribution in [0.3, 0.4) is 0 Å². The summed E-state index contributed by atoms with van der Waals surface area (Å²) in [5, 5.41) is 3.38. The highest BCUT2D eigenvalue weighted by atomic mass is 16.5. The number of carbonyl (C=O) groups is 1. The minimum atomic E-state index is -0.165. The summed E-state index contributed by atoms with van der Waals surface area (Å²) >= 11 is 0. The molecule has 0 bridgehead atoms. The fourth-order valence-electron chi connectivity index (χ4n) is 2.25. The highest BCUT2D eigenvalue weighted by Crippen LogP contribution is 2.23. The second kappa shape index (κ2) is 6.86. The van der Waals surface area contributed by atoms with Crippen molar-refractivity contribution >= 4 is 5.91 Å². The Morgan fingerprint density at radius 2 is 2.12 bits per heavy atom.